The molecule has 0 spiro atoms. The fraction of sp³-hybridized carbons (Fsp3) is 0.778. The molecule has 2 heterocycles. The van der Waals surface area contributed by atoms with Gasteiger partial charge in [-0.2, -0.15) is 0 Å². The second-order valence-corrected chi connectivity index (χ2v) is 3.49. The van der Waals surface area contributed by atoms with Crippen LogP contribution in [0.2, 0.25) is 0 Å². The average Bonchev–Trinajstić information content (AvgIpc) is 2.58. The summed E-state index contributed by atoms with van der Waals surface area (Å²) in [5.41, 5.74) is 2.48. The van der Waals surface area contributed by atoms with Crippen LogP contribution < -0.4 is 5.32 Å². The Morgan fingerprint density at radius 3 is 3.31 bits per heavy atom. The van der Waals surface area contributed by atoms with E-state index in [1.54, 1.807) is 0 Å². The highest BCUT2D eigenvalue weighted by molar-refractivity contribution is 5.13. The molecule has 72 valence electrons. The minimum absolute atomic E-state index is 0.890. The molecule has 4 nitrogen and oxygen atoms in total. The lowest BCUT2D eigenvalue weighted by Gasteiger charge is -2.12. The van der Waals surface area contributed by atoms with Gasteiger partial charge in [0, 0.05) is 26.1 Å². The van der Waals surface area contributed by atoms with Crippen LogP contribution in [-0.2, 0) is 19.5 Å². The molecule has 0 aliphatic carbocycles. The first kappa shape index (κ1) is 8.69. The van der Waals surface area contributed by atoms with Gasteiger partial charge in [0.1, 0.15) is 0 Å². The zero-order chi connectivity index (χ0) is 9.10. The second-order valence-electron chi connectivity index (χ2n) is 3.49. The Morgan fingerprint density at radius 2 is 2.46 bits per heavy atom. The van der Waals surface area contributed by atoms with Gasteiger partial charge in [-0.1, -0.05) is 18.6 Å². The topological polar surface area (TPSA) is 42.7 Å². The van der Waals surface area contributed by atoms with Crippen LogP contribution in [-0.4, -0.2) is 21.5 Å². The minimum Gasteiger partial charge on any atom is -0.311 e. The van der Waals surface area contributed by atoms with Crippen LogP contribution in [0.15, 0.2) is 0 Å². The van der Waals surface area contributed by atoms with E-state index in [0.29, 0.717) is 0 Å². The summed E-state index contributed by atoms with van der Waals surface area (Å²) in [5, 5.41) is 11.6. The van der Waals surface area contributed by atoms with Crippen molar-refractivity contribution < 1.29 is 0 Å². The highest BCUT2D eigenvalue weighted by Gasteiger charge is 2.15. The molecule has 0 fully saturated rings. The van der Waals surface area contributed by atoms with Crippen molar-refractivity contribution in [3.8, 4) is 0 Å². The molecule has 1 aliphatic heterocycles. The Kier molecular flexibility index (Phi) is 2.59. The Balaban J connectivity index is 2.12. The van der Waals surface area contributed by atoms with E-state index in [2.05, 4.69) is 27.2 Å². The highest BCUT2D eigenvalue weighted by atomic mass is 15.4. The molecule has 4 heteroatoms. The molecule has 1 aliphatic rings. The second kappa shape index (κ2) is 3.87. The van der Waals surface area contributed by atoms with Crippen LogP contribution in [0, 0.1) is 0 Å². The molecule has 2 rings (SSSR count). The van der Waals surface area contributed by atoms with Gasteiger partial charge in [0.25, 0.3) is 0 Å². The van der Waals surface area contributed by atoms with E-state index in [1.807, 2.05) is 0 Å². The molecule has 0 radical (unpaired) electrons. The van der Waals surface area contributed by atoms with Crippen molar-refractivity contribution in [1.29, 1.82) is 0 Å². The van der Waals surface area contributed by atoms with Gasteiger partial charge in [0.05, 0.1) is 11.4 Å². The fourth-order valence-electron chi connectivity index (χ4n) is 1.68. The molecule has 0 aromatic carbocycles. The first-order chi connectivity index (χ1) is 6.42. The Hall–Kier alpha value is -0.900. The van der Waals surface area contributed by atoms with Crippen molar-refractivity contribution in [3.63, 3.8) is 0 Å². The standard InChI is InChI=1S/C9H16N4/c1-2-3-6-13-9-4-5-10-7-8(9)11-12-13/h10H,2-7H2,1H3. The third-order valence-electron chi connectivity index (χ3n) is 2.47. The molecule has 0 bridgehead atoms. The van der Waals surface area contributed by atoms with Gasteiger partial charge in [-0.05, 0) is 6.42 Å². The maximum atomic E-state index is 4.16. The molecular weight excluding hydrogens is 164 g/mol. The number of nitrogens with zero attached hydrogens (tertiary/aromatic N) is 3. The van der Waals surface area contributed by atoms with E-state index in [0.717, 1.165) is 31.7 Å². The maximum absolute atomic E-state index is 4.16. The van der Waals surface area contributed by atoms with Crippen LogP contribution in [0.3, 0.4) is 0 Å². The number of hydrogen-bond donors (Lipinski definition) is 1. The minimum atomic E-state index is 0.890. The van der Waals surface area contributed by atoms with Crippen LogP contribution in [0.5, 0.6) is 0 Å². The molecule has 1 N–H and O–H groups in total. The Bertz CT molecular complexity index is 279. The predicted molar refractivity (Wildman–Crippen MR) is 50.3 cm³/mol. The summed E-state index contributed by atoms with van der Waals surface area (Å²) in [6, 6.07) is 0. The van der Waals surface area contributed by atoms with Crippen molar-refractivity contribution in [2.45, 2.75) is 39.3 Å². The average molecular weight is 180 g/mol. The smallest absolute Gasteiger partial charge is 0.0997 e. The number of aromatic nitrogens is 3. The van der Waals surface area contributed by atoms with Crippen LogP contribution >= 0.6 is 0 Å². The molecule has 1 aromatic rings. The van der Waals surface area contributed by atoms with Crippen molar-refractivity contribution in [3.05, 3.63) is 11.4 Å². The first-order valence-electron chi connectivity index (χ1n) is 5.03. The lowest BCUT2D eigenvalue weighted by Crippen LogP contribution is -2.25. The van der Waals surface area contributed by atoms with E-state index in [-0.39, 0.29) is 0 Å². The third kappa shape index (κ3) is 1.72. The lowest BCUT2D eigenvalue weighted by atomic mass is 10.2. The van der Waals surface area contributed by atoms with Crippen molar-refractivity contribution >= 4 is 0 Å². The van der Waals surface area contributed by atoms with Gasteiger partial charge in [-0.25, -0.2) is 4.68 Å². The fourth-order valence-corrected chi connectivity index (χ4v) is 1.68. The molecule has 0 saturated carbocycles. The summed E-state index contributed by atoms with van der Waals surface area (Å²) in [6.45, 7) is 5.18. The summed E-state index contributed by atoms with van der Waals surface area (Å²) in [4.78, 5) is 0. The lowest BCUT2D eigenvalue weighted by molar-refractivity contribution is 0.521. The zero-order valence-electron chi connectivity index (χ0n) is 8.08. The normalized spacial score (nSPS) is 15.8. The molecule has 0 unspecified atom stereocenters. The quantitative estimate of drug-likeness (QED) is 0.745. The number of nitrogens with one attached hydrogen (secondary N) is 1. The summed E-state index contributed by atoms with van der Waals surface area (Å²) >= 11 is 0. The number of fused-ring (bicyclic) bond motifs is 1. The Morgan fingerprint density at radius 1 is 1.54 bits per heavy atom. The van der Waals surface area contributed by atoms with Crippen molar-refractivity contribution in [2.75, 3.05) is 6.54 Å². The highest BCUT2D eigenvalue weighted by Crippen LogP contribution is 2.10. The van der Waals surface area contributed by atoms with Crippen LogP contribution in [0.25, 0.3) is 0 Å². The van der Waals surface area contributed by atoms with Gasteiger partial charge in [0.2, 0.25) is 0 Å². The molecule has 0 atom stereocenters. The maximum Gasteiger partial charge on any atom is 0.0997 e. The Labute approximate surface area is 78.3 Å². The largest absolute Gasteiger partial charge is 0.311 e. The van der Waals surface area contributed by atoms with Crippen molar-refractivity contribution in [1.82, 2.24) is 20.3 Å². The molecule has 0 amide bonds. The number of unbranched alkanes of at least 4 members (excludes halogenated alkanes) is 1. The predicted octanol–water partition coefficient (Wildman–Crippen LogP) is 0.724. The third-order valence-corrected chi connectivity index (χ3v) is 2.47. The van der Waals surface area contributed by atoms with E-state index in [9.17, 15) is 0 Å². The first-order valence-corrected chi connectivity index (χ1v) is 5.03. The SMILES string of the molecule is CCCCn1nnc2c1CCNC2. The molecule has 13 heavy (non-hydrogen) atoms. The molecule has 1 aromatic heterocycles. The summed E-state index contributed by atoms with van der Waals surface area (Å²) < 4.78 is 2.07. The van der Waals surface area contributed by atoms with Gasteiger partial charge in [-0.15, -0.1) is 5.10 Å². The molecule has 0 saturated heterocycles. The van der Waals surface area contributed by atoms with E-state index < -0.39 is 0 Å². The summed E-state index contributed by atoms with van der Waals surface area (Å²) in [7, 11) is 0. The van der Waals surface area contributed by atoms with E-state index in [1.165, 1.54) is 18.5 Å². The van der Waals surface area contributed by atoms with Crippen molar-refractivity contribution in [2.24, 2.45) is 0 Å². The van der Waals surface area contributed by atoms with Gasteiger partial charge in [0.15, 0.2) is 0 Å². The van der Waals surface area contributed by atoms with Crippen LogP contribution in [0.1, 0.15) is 31.2 Å². The number of rotatable bonds is 3. The number of aryl methyl sites for hydroxylation is 1. The monoisotopic (exact) mass is 180 g/mol. The van der Waals surface area contributed by atoms with Gasteiger partial charge < -0.3 is 5.32 Å². The van der Waals surface area contributed by atoms with E-state index in [4.69, 9.17) is 0 Å². The summed E-state index contributed by atoms with van der Waals surface area (Å²) in [5.74, 6) is 0. The summed E-state index contributed by atoms with van der Waals surface area (Å²) in [6.07, 6.45) is 3.49. The van der Waals surface area contributed by atoms with Gasteiger partial charge >= 0.3 is 0 Å². The van der Waals surface area contributed by atoms with Gasteiger partial charge in [-0.3, -0.25) is 0 Å². The number of hydrogen-bond acceptors (Lipinski definition) is 3. The zero-order valence-corrected chi connectivity index (χ0v) is 8.08. The van der Waals surface area contributed by atoms with E-state index >= 15 is 0 Å². The van der Waals surface area contributed by atoms with Crippen LogP contribution in [0.4, 0.5) is 0 Å². The molecular formula is C9H16N4.